The maximum Gasteiger partial charge on any atom is 0.135 e. The lowest BCUT2D eigenvalue weighted by Gasteiger charge is -1.92. The van der Waals surface area contributed by atoms with Gasteiger partial charge in [0.25, 0.3) is 0 Å². The second kappa shape index (κ2) is 4.70. The summed E-state index contributed by atoms with van der Waals surface area (Å²) < 4.78 is 0.692. The highest BCUT2D eigenvalue weighted by Crippen LogP contribution is 2.07. The Kier molecular flexibility index (Phi) is 4.62. The van der Waals surface area contributed by atoms with Crippen molar-refractivity contribution in [3.05, 3.63) is 12.0 Å². The molecule has 0 aromatic heterocycles. The molecule has 0 N–H and O–H groups in total. The highest BCUT2D eigenvalue weighted by molar-refractivity contribution is 8.25. The molecule has 1 nitrogen and oxygen atoms in total. The standard InChI is InChI=1S/C6H8OS2/c1-3-9-6(8)4-5(2)7/h3H,1,4H2,2H3. The van der Waals surface area contributed by atoms with Crippen LogP contribution in [0.5, 0.6) is 0 Å². The summed E-state index contributed by atoms with van der Waals surface area (Å²) in [7, 11) is 0. The van der Waals surface area contributed by atoms with Crippen LogP contribution in [0.2, 0.25) is 0 Å². The first-order valence-corrected chi connectivity index (χ1v) is 3.75. The molecule has 0 saturated carbocycles. The fraction of sp³-hybridized carbons (Fsp3) is 0.333. The van der Waals surface area contributed by atoms with Crippen molar-refractivity contribution in [2.75, 3.05) is 0 Å². The van der Waals surface area contributed by atoms with E-state index in [0.717, 1.165) is 0 Å². The van der Waals surface area contributed by atoms with Crippen molar-refractivity contribution in [1.82, 2.24) is 0 Å². The van der Waals surface area contributed by atoms with Crippen molar-refractivity contribution >= 4 is 34.0 Å². The number of hydrogen-bond acceptors (Lipinski definition) is 3. The molecule has 0 fully saturated rings. The molecule has 0 aliphatic rings. The van der Waals surface area contributed by atoms with Gasteiger partial charge >= 0.3 is 0 Å². The lowest BCUT2D eigenvalue weighted by molar-refractivity contribution is -0.115. The van der Waals surface area contributed by atoms with Gasteiger partial charge in [0.15, 0.2) is 0 Å². The van der Waals surface area contributed by atoms with E-state index in [1.165, 1.54) is 18.7 Å². The van der Waals surface area contributed by atoms with Gasteiger partial charge in [-0.3, -0.25) is 4.79 Å². The molecule has 0 spiro atoms. The van der Waals surface area contributed by atoms with Crippen molar-refractivity contribution in [2.45, 2.75) is 13.3 Å². The van der Waals surface area contributed by atoms with Crippen LogP contribution in [0, 0.1) is 0 Å². The molecule has 0 radical (unpaired) electrons. The average Bonchev–Trinajstić information content (AvgIpc) is 1.63. The molecular formula is C6H8OS2. The van der Waals surface area contributed by atoms with Gasteiger partial charge in [-0.25, -0.2) is 0 Å². The number of ketones is 1. The van der Waals surface area contributed by atoms with Crippen LogP contribution in [0.25, 0.3) is 0 Å². The van der Waals surface area contributed by atoms with Crippen LogP contribution in [0.3, 0.4) is 0 Å². The van der Waals surface area contributed by atoms with E-state index in [1.807, 2.05) is 0 Å². The number of thioether (sulfide) groups is 1. The Morgan fingerprint density at radius 2 is 2.44 bits per heavy atom. The number of Topliss-reactive ketones (excluding diaryl/α,β-unsaturated/α-hetero) is 1. The van der Waals surface area contributed by atoms with Gasteiger partial charge in [-0.1, -0.05) is 30.6 Å². The minimum Gasteiger partial charge on any atom is -0.300 e. The molecule has 3 heteroatoms. The molecular weight excluding hydrogens is 152 g/mol. The van der Waals surface area contributed by atoms with Crippen molar-refractivity contribution in [2.24, 2.45) is 0 Å². The van der Waals surface area contributed by atoms with Crippen LogP contribution in [0.4, 0.5) is 0 Å². The second-order valence-electron chi connectivity index (χ2n) is 1.54. The fourth-order valence-corrected chi connectivity index (χ4v) is 1.22. The Morgan fingerprint density at radius 1 is 1.89 bits per heavy atom. The molecule has 0 aliphatic carbocycles. The average molecular weight is 160 g/mol. The largest absolute Gasteiger partial charge is 0.300 e. The third kappa shape index (κ3) is 5.73. The lowest BCUT2D eigenvalue weighted by Crippen LogP contribution is -1.95. The van der Waals surface area contributed by atoms with Crippen molar-refractivity contribution in [1.29, 1.82) is 0 Å². The highest BCUT2D eigenvalue weighted by Gasteiger charge is 1.97. The zero-order valence-electron chi connectivity index (χ0n) is 5.22. The van der Waals surface area contributed by atoms with Gasteiger partial charge in [0.1, 0.15) is 5.78 Å². The first-order valence-electron chi connectivity index (χ1n) is 2.46. The third-order valence-corrected chi connectivity index (χ3v) is 1.61. The maximum atomic E-state index is 10.4. The first kappa shape index (κ1) is 8.85. The van der Waals surface area contributed by atoms with E-state index in [9.17, 15) is 4.79 Å². The van der Waals surface area contributed by atoms with Crippen LogP contribution < -0.4 is 0 Å². The van der Waals surface area contributed by atoms with Gasteiger partial charge in [-0.2, -0.15) is 0 Å². The topological polar surface area (TPSA) is 17.1 Å². The number of carbonyl (C=O) groups is 1. The van der Waals surface area contributed by atoms with Crippen LogP contribution in [-0.4, -0.2) is 9.98 Å². The monoisotopic (exact) mass is 160 g/mol. The predicted molar refractivity (Wildman–Crippen MR) is 45.7 cm³/mol. The minimum atomic E-state index is 0.106. The molecule has 0 bridgehead atoms. The molecule has 0 saturated heterocycles. The maximum absolute atomic E-state index is 10.4. The molecule has 0 aromatic carbocycles. The Bertz CT molecular complexity index is 140. The van der Waals surface area contributed by atoms with E-state index >= 15 is 0 Å². The van der Waals surface area contributed by atoms with Crippen LogP contribution in [0.15, 0.2) is 12.0 Å². The lowest BCUT2D eigenvalue weighted by atomic mass is 10.4. The quantitative estimate of drug-likeness (QED) is 0.589. The molecule has 0 amide bonds. The van der Waals surface area contributed by atoms with E-state index in [0.29, 0.717) is 10.6 Å². The van der Waals surface area contributed by atoms with Crippen LogP contribution in [-0.2, 0) is 4.79 Å². The Balaban J connectivity index is 3.50. The van der Waals surface area contributed by atoms with Gasteiger partial charge < -0.3 is 0 Å². The Morgan fingerprint density at radius 3 is 2.78 bits per heavy atom. The van der Waals surface area contributed by atoms with E-state index < -0.39 is 0 Å². The minimum absolute atomic E-state index is 0.106. The molecule has 0 heterocycles. The van der Waals surface area contributed by atoms with Crippen LogP contribution in [0.1, 0.15) is 13.3 Å². The van der Waals surface area contributed by atoms with Gasteiger partial charge in [0.2, 0.25) is 0 Å². The van der Waals surface area contributed by atoms with Crippen molar-refractivity contribution in [3.63, 3.8) is 0 Å². The molecule has 0 unspecified atom stereocenters. The molecule has 0 rings (SSSR count). The molecule has 50 valence electrons. The number of rotatable bonds is 3. The summed E-state index contributed by atoms with van der Waals surface area (Å²) in [6, 6.07) is 0. The third-order valence-electron chi connectivity index (χ3n) is 0.608. The summed E-state index contributed by atoms with van der Waals surface area (Å²) in [6.45, 7) is 5.00. The molecule has 0 atom stereocenters. The van der Waals surface area contributed by atoms with Gasteiger partial charge in [-0.05, 0) is 12.3 Å². The zero-order valence-corrected chi connectivity index (χ0v) is 6.85. The summed E-state index contributed by atoms with van der Waals surface area (Å²) in [5.74, 6) is 0.106. The van der Waals surface area contributed by atoms with Gasteiger partial charge in [-0.15, -0.1) is 0 Å². The SMILES string of the molecule is C=CSC(=S)CC(C)=O. The zero-order chi connectivity index (χ0) is 7.28. The van der Waals surface area contributed by atoms with Crippen LogP contribution >= 0.6 is 24.0 Å². The molecule has 0 aliphatic heterocycles. The Hall–Kier alpha value is -0.150. The molecule has 0 aromatic rings. The van der Waals surface area contributed by atoms with Gasteiger partial charge in [0, 0.05) is 6.42 Å². The normalized spacial score (nSPS) is 8.56. The van der Waals surface area contributed by atoms with E-state index in [4.69, 9.17) is 12.2 Å². The summed E-state index contributed by atoms with van der Waals surface area (Å²) in [4.78, 5) is 10.4. The second-order valence-corrected chi connectivity index (χ2v) is 3.35. The smallest absolute Gasteiger partial charge is 0.135 e. The first-order chi connectivity index (χ1) is 4.16. The highest BCUT2D eigenvalue weighted by atomic mass is 32.2. The van der Waals surface area contributed by atoms with Crippen molar-refractivity contribution in [3.8, 4) is 0 Å². The van der Waals surface area contributed by atoms with E-state index in [2.05, 4.69) is 6.58 Å². The Labute approximate surface area is 64.5 Å². The number of thiocarbonyl (C=S) groups is 1. The molecule has 9 heavy (non-hydrogen) atoms. The predicted octanol–water partition coefficient (Wildman–Crippen LogP) is 2.17. The summed E-state index contributed by atoms with van der Waals surface area (Å²) >= 11 is 6.13. The van der Waals surface area contributed by atoms with E-state index in [-0.39, 0.29) is 5.78 Å². The fourth-order valence-electron chi connectivity index (χ4n) is 0.338. The summed E-state index contributed by atoms with van der Waals surface area (Å²) in [5, 5.41) is 1.63. The summed E-state index contributed by atoms with van der Waals surface area (Å²) in [6.07, 6.45) is 0.381. The van der Waals surface area contributed by atoms with Crippen molar-refractivity contribution < 1.29 is 4.79 Å². The van der Waals surface area contributed by atoms with Gasteiger partial charge in [0.05, 0.1) is 4.20 Å². The number of carbonyl (C=O) groups excluding carboxylic acids is 1. The van der Waals surface area contributed by atoms with E-state index in [1.54, 1.807) is 5.41 Å². The summed E-state index contributed by atoms with van der Waals surface area (Å²) in [5.41, 5.74) is 0. The number of hydrogen-bond donors (Lipinski definition) is 0.